The minimum absolute atomic E-state index is 0.0750. The Balaban J connectivity index is 1.46. The zero-order chi connectivity index (χ0) is 22.5. The predicted octanol–water partition coefficient (Wildman–Crippen LogP) is 1.88. The first kappa shape index (κ1) is 21.3. The number of benzene rings is 2. The lowest BCUT2D eigenvalue weighted by Gasteiger charge is -2.22. The van der Waals surface area contributed by atoms with E-state index in [9.17, 15) is 14.4 Å². The summed E-state index contributed by atoms with van der Waals surface area (Å²) in [6, 6.07) is 18.6. The number of aromatic amines is 1. The van der Waals surface area contributed by atoms with Crippen molar-refractivity contribution >= 4 is 11.8 Å². The van der Waals surface area contributed by atoms with Gasteiger partial charge in [0.2, 0.25) is 5.91 Å². The van der Waals surface area contributed by atoms with Gasteiger partial charge in [-0.3, -0.25) is 14.4 Å². The summed E-state index contributed by atoms with van der Waals surface area (Å²) in [4.78, 5) is 38.2. The average Bonchev–Trinajstić information content (AvgIpc) is 3.01. The lowest BCUT2D eigenvalue weighted by atomic mass is 9.96. The van der Waals surface area contributed by atoms with Gasteiger partial charge >= 0.3 is 0 Å². The van der Waals surface area contributed by atoms with Crippen molar-refractivity contribution in [3.05, 3.63) is 82.3 Å². The number of nitrogens with one attached hydrogen (secondary N) is 2. The van der Waals surface area contributed by atoms with E-state index in [1.165, 1.54) is 12.1 Å². The van der Waals surface area contributed by atoms with Crippen LogP contribution in [-0.4, -0.2) is 53.7 Å². The normalized spacial score (nSPS) is 16.2. The number of hydrogen-bond acceptors (Lipinski definition) is 5. The average molecular weight is 432 g/mol. The van der Waals surface area contributed by atoms with Crippen molar-refractivity contribution in [3.8, 4) is 16.9 Å². The van der Waals surface area contributed by atoms with Crippen LogP contribution in [0.1, 0.15) is 16.1 Å². The van der Waals surface area contributed by atoms with Gasteiger partial charge in [-0.05, 0) is 41.3 Å². The molecule has 1 aliphatic rings. The van der Waals surface area contributed by atoms with Crippen LogP contribution in [-0.2, 0) is 11.2 Å². The van der Waals surface area contributed by atoms with Crippen LogP contribution in [0, 0.1) is 5.92 Å². The number of carbonyl (C=O) groups is 2. The zero-order valence-corrected chi connectivity index (χ0v) is 17.7. The van der Waals surface area contributed by atoms with Gasteiger partial charge in [0.05, 0.1) is 13.0 Å². The molecule has 2 heterocycles. The first-order chi connectivity index (χ1) is 15.5. The molecule has 1 saturated heterocycles. The van der Waals surface area contributed by atoms with E-state index in [-0.39, 0.29) is 35.5 Å². The van der Waals surface area contributed by atoms with Gasteiger partial charge in [0, 0.05) is 25.7 Å². The van der Waals surface area contributed by atoms with Crippen molar-refractivity contribution in [1.29, 1.82) is 0 Å². The maximum atomic E-state index is 12.8. The molecule has 0 aliphatic carbocycles. The number of rotatable bonds is 5. The molecule has 1 atom stereocenters. The molecular formula is C24H24N4O4. The van der Waals surface area contributed by atoms with Crippen LogP contribution < -0.4 is 15.6 Å². The van der Waals surface area contributed by atoms with Crippen LogP contribution in [0.3, 0.4) is 0 Å². The second-order valence-electron chi connectivity index (χ2n) is 7.68. The van der Waals surface area contributed by atoms with E-state index in [0.717, 1.165) is 22.4 Å². The summed E-state index contributed by atoms with van der Waals surface area (Å²) in [6.45, 7) is 1.05. The summed E-state index contributed by atoms with van der Waals surface area (Å²) < 4.78 is 5.20. The molecule has 0 bridgehead atoms. The van der Waals surface area contributed by atoms with Crippen LogP contribution in [0.5, 0.6) is 5.75 Å². The summed E-state index contributed by atoms with van der Waals surface area (Å²) in [7, 11) is 1.64. The Labute approximate surface area is 185 Å². The van der Waals surface area contributed by atoms with E-state index in [1.807, 2.05) is 48.5 Å². The maximum Gasteiger partial charge on any atom is 0.274 e. The van der Waals surface area contributed by atoms with E-state index < -0.39 is 0 Å². The van der Waals surface area contributed by atoms with Gasteiger partial charge in [-0.1, -0.05) is 36.4 Å². The van der Waals surface area contributed by atoms with Crippen LogP contribution in [0.4, 0.5) is 0 Å². The monoisotopic (exact) mass is 432 g/mol. The highest BCUT2D eigenvalue weighted by molar-refractivity contribution is 5.93. The molecule has 32 heavy (non-hydrogen) atoms. The standard InChI is InChI=1S/C24H24N4O4/c1-32-20-8-6-18(7-9-20)17-4-2-16(3-5-17)14-19-15-28(13-12-25-23(19)30)24(31)21-10-11-22(29)27-26-21/h2-11,19H,12-15H2,1H3,(H,25,30)(H,27,29)/t19-/m0/s1. The molecule has 8 heteroatoms. The van der Waals surface area contributed by atoms with Gasteiger partial charge in [0.1, 0.15) is 11.4 Å². The fourth-order valence-corrected chi connectivity index (χ4v) is 3.77. The minimum Gasteiger partial charge on any atom is -0.497 e. The predicted molar refractivity (Wildman–Crippen MR) is 119 cm³/mol. The number of hydrogen-bond donors (Lipinski definition) is 2. The number of carbonyl (C=O) groups excluding carboxylic acids is 2. The molecule has 164 valence electrons. The summed E-state index contributed by atoms with van der Waals surface area (Å²) >= 11 is 0. The van der Waals surface area contributed by atoms with Crippen molar-refractivity contribution < 1.29 is 14.3 Å². The third-order valence-corrected chi connectivity index (χ3v) is 5.54. The van der Waals surface area contributed by atoms with Crippen LogP contribution in [0.25, 0.3) is 11.1 Å². The van der Waals surface area contributed by atoms with Gasteiger partial charge in [-0.25, -0.2) is 5.10 Å². The summed E-state index contributed by atoms with van der Waals surface area (Å²) in [6.07, 6.45) is 0.511. The smallest absolute Gasteiger partial charge is 0.274 e. The van der Waals surface area contributed by atoms with Gasteiger partial charge < -0.3 is 15.0 Å². The van der Waals surface area contributed by atoms with Crippen molar-refractivity contribution in [1.82, 2.24) is 20.4 Å². The lowest BCUT2D eigenvalue weighted by molar-refractivity contribution is -0.124. The van der Waals surface area contributed by atoms with Gasteiger partial charge in [0.25, 0.3) is 11.5 Å². The van der Waals surface area contributed by atoms with Crippen LogP contribution >= 0.6 is 0 Å². The number of amides is 2. The number of H-pyrrole nitrogens is 1. The Morgan fingerprint density at radius 1 is 1.03 bits per heavy atom. The molecule has 0 spiro atoms. The molecule has 0 saturated carbocycles. The molecule has 1 fully saturated rings. The maximum absolute atomic E-state index is 12.8. The third-order valence-electron chi connectivity index (χ3n) is 5.54. The van der Waals surface area contributed by atoms with Crippen molar-refractivity contribution in [3.63, 3.8) is 0 Å². The SMILES string of the molecule is COc1ccc(-c2ccc(C[C@H]3CN(C(=O)c4ccc(=O)[nH]n4)CCNC3=O)cc2)cc1. The highest BCUT2D eigenvalue weighted by atomic mass is 16.5. The van der Waals surface area contributed by atoms with Crippen molar-refractivity contribution in [2.24, 2.45) is 5.92 Å². The van der Waals surface area contributed by atoms with Gasteiger partial charge in [-0.2, -0.15) is 5.10 Å². The molecular weight excluding hydrogens is 408 g/mol. The molecule has 2 amide bonds. The number of methoxy groups -OCH3 is 1. The van der Waals surface area contributed by atoms with E-state index in [2.05, 4.69) is 15.5 Å². The Bertz CT molecular complexity index is 1140. The van der Waals surface area contributed by atoms with Crippen LogP contribution in [0.15, 0.2) is 65.5 Å². The van der Waals surface area contributed by atoms with E-state index >= 15 is 0 Å². The Morgan fingerprint density at radius 3 is 2.34 bits per heavy atom. The number of nitrogens with zero attached hydrogens (tertiary/aromatic N) is 2. The first-order valence-electron chi connectivity index (χ1n) is 10.4. The highest BCUT2D eigenvalue weighted by Crippen LogP contribution is 2.24. The Morgan fingerprint density at radius 2 is 1.72 bits per heavy atom. The quantitative estimate of drug-likeness (QED) is 0.641. The molecule has 2 N–H and O–H groups in total. The summed E-state index contributed by atoms with van der Waals surface area (Å²) in [5.74, 6) is 0.0449. The lowest BCUT2D eigenvalue weighted by Crippen LogP contribution is -2.38. The van der Waals surface area contributed by atoms with E-state index in [0.29, 0.717) is 19.5 Å². The molecule has 0 unspecified atom stereocenters. The highest BCUT2D eigenvalue weighted by Gasteiger charge is 2.28. The molecule has 0 radical (unpaired) electrons. The molecule has 1 aromatic heterocycles. The van der Waals surface area contributed by atoms with Crippen molar-refractivity contribution in [2.75, 3.05) is 26.7 Å². The van der Waals surface area contributed by atoms with E-state index in [1.54, 1.807) is 12.0 Å². The molecule has 1 aliphatic heterocycles. The Hall–Kier alpha value is -3.94. The van der Waals surface area contributed by atoms with Gasteiger partial charge in [-0.15, -0.1) is 0 Å². The molecule has 2 aromatic carbocycles. The fourth-order valence-electron chi connectivity index (χ4n) is 3.77. The second kappa shape index (κ2) is 9.47. The topological polar surface area (TPSA) is 104 Å². The van der Waals surface area contributed by atoms with Crippen molar-refractivity contribution in [2.45, 2.75) is 6.42 Å². The number of ether oxygens (including phenoxy) is 1. The second-order valence-corrected chi connectivity index (χ2v) is 7.68. The largest absolute Gasteiger partial charge is 0.497 e. The molecule has 8 nitrogen and oxygen atoms in total. The summed E-state index contributed by atoms with van der Waals surface area (Å²) in [5, 5.41) is 8.98. The first-order valence-corrected chi connectivity index (χ1v) is 10.4. The third kappa shape index (κ3) is 4.85. The summed E-state index contributed by atoms with van der Waals surface area (Å²) in [5.41, 5.74) is 2.95. The fraction of sp³-hybridized carbons (Fsp3) is 0.250. The van der Waals surface area contributed by atoms with E-state index in [4.69, 9.17) is 4.74 Å². The zero-order valence-electron chi connectivity index (χ0n) is 17.7. The van der Waals surface area contributed by atoms with Crippen LogP contribution in [0.2, 0.25) is 0 Å². The molecule has 4 rings (SSSR count). The minimum atomic E-state index is -0.379. The Kier molecular flexibility index (Phi) is 6.30. The van der Waals surface area contributed by atoms with Gasteiger partial charge in [0.15, 0.2) is 0 Å². The molecule has 3 aromatic rings. The number of aromatic nitrogens is 2.